The SMILES string of the molecule is CCN(CCCc1cccc(N)c1)c1ccccc1. The lowest BCUT2D eigenvalue weighted by atomic mass is 10.1. The molecule has 0 aliphatic carbocycles. The van der Waals surface area contributed by atoms with E-state index in [1.54, 1.807) is 0 Å². The quantitative estimate of drug-likeness (QED) is 0.796. The van der Waals surface area contributed by atoms with Gasteiger partial charge in [0.15, 0.2) is 0 Å². The molecule has 0 heterocycles. The van der Waals surface area contributed by atoms with E-state index in [0.717, 1.165) is 31.6 Å². The molecule has 0 spiro atoms. The third-order valence-corrected chi connectivity index (χ3v) is 3.35. The van der Waals surface area contributed by atoms with E-state index in [-0.39, 0.29) is 0 Å². The second-order valence-corrected chi connectivity index (χ2v) is 4.76. The monoisotopic (exact) mass is 254 g/mol. The van der Waals surface area contributed by atoms with Gasteiger partial charge in [-0.05, 0) is 49.6 Å². The summed E-state index contributed by atoms with van der Waals surface area (Å²) in [5.41, 5.74) is 9.28. The molecular formula is C17H22N2. The Kier molecular flexibility index (Phi) is 4.85. The molecule has 0 aromatic heterocycles. The number of aryl methyl sites for hydroxylation is 1. The van der Waals surface area contributed by atoms with Crippen molar-refractivity contribution in [2.75, 3.05) is 23.7 Å². The van der Waals surface area contributed by atoms with Gasteiger partial charge in [0.2, 0.25) is 0 Å². The Morgan fingerprint density at radius 1 is 1.00 bits per heavy atom. The van der Waals surface area contributed by atoms with Crippen molar-refractivity contribution in [2.24, 2.45) is 0 Å². The van der Waals surface area contributed by atoms with Gasteiger partial charge >= 0.3 is 0 Å². The van der Waals surface area contributed by atoms with Crippen LogP contribution in [0.4, 0.5) is 11.4 Å². The van der Waals surface area contributed by atoms with Crippen LogP contribution in [0.5, 0.6) is 0 Å². The van der Waals surface area contributed by atoms with Crippen molar-refractivity contribution >= 4 is 11.4 Å². The van der Waals surface area contributed by atoms with Crippen molar-refractivity contribution in [1.82, 2.24) is 0 Å². The maximum absolute atomic E-state index is 5.80. The smallest absolute Gasteiger partial charge is 0.0366 e. The number of benzene rings is 2. The molecule has 19 heavy (non-hydrogen) atoms. The number of nitrogens with two attached hydrogens (primary N) is 1. The minimum absolute atomic E-state index is 0.855. The number of anilines is 2. The van der Waals surface area contributed by atoms with Crippen LogP contribution in [0.25, 0.3) is 0 Å². The number of nitrogens with zero attached hydrogens (tertiary/aromatic N) is 1. The molecule has 2 aromatic carbocycles. The van der Waals surface area contributed by atoms with Gasteiger partial charge in [0.05, 0.1) is 0 Å². The maximum atomic E-state index is 5.80. The molecule has 2 nitrogen and oxygen atoms in total. The first kappa shape index (κ1) is 13.5. The van der Waals surface area contributed by atoms with E-state index in [9.17, 15) is 0 Å². The van der Waals surface area contributed by atoms with E-state index in [4.69, 9.17) is 5.73 Å². The summed E-state index contributed by atoms with van der Waals surface area (Å²) >= 11 is 0. The molecule has 2 rings (SSSR count). The molecule has 0 radical (unpaired) electrons. The summed E-state index contributed by atoms with van der Waals surface area (Å²) in [5, 5.41) is 0. The Hall–Kier alpha value is -1.96. The minimum atomic E-state index is 0.855. The molecule has 0 fully saturated rings. The molecule has 2 heteroatoms. The fraction of sp³-hybridized carbons (Fsp3) is 0.294. The number of hydrogen-bond donors (Lipinski definition) is 1. The molecule has 0 unspecified atom stereocenters. The third kappa shape index (κ3) is 4.02. The standard InChI is InChI=1S/C17H22N2/c1-2-19(17-11-4-3-5-12-17)13-7-9-15-8-6-10-16(18)14-15/h3-6,8,10-12,14H,2,7,9,13,18H2,1H3. The molecule has 100 valence electrons. The molecule has 0 amide bonds. The Bertz CT molecular complexity index is 494. The van der Waals surface area contributed by atoms with Crippen molar-refractivity contribution in [3.8, 4) is 0 Å². The highest BCUT2D eigenvalue weighted by molar-refractivity contribution is 5.45. The number of rotatable bonds is 6. The Morgan fingerprint density at radius 2 is 1.79 bits per heavy atom. The minimum Gasteiger partial charge on any atom is -0.399 e. The van der Waals surface area contributed by atoms with Crippen LogP contribution in [0.15, 0.2) is 54.6 Å². The lowest BCUT2D eigenvalue weighted by Gasteiger charge is -2.23. The van der Waals surface area contributed by atoms with Gasteiger partial charge in [0.1, 0.15) is 0 Å². The largest absolute Gasteiger partial charge is 0.399 e. The van der Waals surface area contributed by atoms with Crippen molar-refractivity contribution in [1.29, 1.82) is 0 Å². The average molecular weight is 254 g/mol. The summed E-state index contributed by atoms with van der Waals surface area (Å²) in [6.45, 7) is 4.32. The number of para-hydroxylation sites is 1. The van der Waals surface area contributed by atoms with E-state index < -0.39 is 0 Å². The van der Waals surface area contributed by atoms with Crippen LogP contribution in [0.2, 0.25) is 0 Å². The lowest BCUT2D eigenvalue weighted by molar-refractivity contribution is 0.746. The van der Waals surface area contributed by atoms with Gasteiger partial charge in [-0.25, -0.2) is 0 Å². The van der Waals surface area contributed by atoms with Crippen LogP contribution in [0.1, 0.15) is 18.9 Å². The van der Waals surface area contributed by atoms with E-state index in [0.29, 0.717) is 0 Å². The zero-order chi connectivity index (χ0) is 13.5. The van der Waals surface area contributed by atoms with E-state index in [1.807, 2.05) is 12.1 Å². The second kappa shape index (κ2) is 6.83. The highest BCUT2D eigenvalue weighted by atomic mass is 15.1. The van der Waals surface area contributed by atoms with Crippen LogP contribution in [-0.4, -0.2) is 13.1 Å². The topological polar surface area (TPSA) is 29.3 Å². The van der Waals surface area contributed by atoms with Gasteiger partial charge in [-0.1, -0.05) is 30.3 Å². The predicted molar refractivity (Wildman–Crippen MR) is 83.5 cm³/mol. The van der Waals surface area contributed by atoms with Gasteiger partial charge in [-0.15, -0.1) is 0 Å². The Balaban J connectivity index is 1.87. The van der Waals surface area contributed by atoms with Crippen LogP contribution in [0, 0.1) is 0 Å². The van der Waals surface area contributed by atoms with Crippen LogP contribution in [0.3, 0.4) is 0 Å². The Morgan fingerprint density at radius 3 is 2.47 bits per heavy atom. The molecule has 0 saturated heterocycles. The molecule has 0 atom stereocenters. The van der Waals surface area contributed by atoms with Crippen LogP contribution in [-0.2, 0) is 6.42 Å². The van der Waals surface area contributed by atoms with Crippen LogP contribution >= 0.6 is 0 Å². The molecule has 0 bridgehead atoms. The summed E-state index contributed by atoms with van der Waals surface area (Å²) in [6, 6.07) is 18.8. The highest BCUT2D eigenvalue weighted by Gasteiger charge is 2.03. The summed E-state index contributed by atoms with van der Waals surface area (Å²) < 4.78 is 0. The van der Waals surface area contributed by atoms with Crippen molar-refractivity contribution < 1.29 is 0 Å². The first-order chi connectivity index (χ1) is 9.29. The molecule has 0 saturated carbocycles. The average Bonchev–Trinajstić information content (AvgIpc) is 2.45. The number of hydrogen-bond acceptors (Lipinski definition) is 2. The van der Waals surface area contributed by atoms with Crippen molar-refractivity contribution in [3.05, 3.63) is 60.2 Å². The molecule has 2 aromatic rings. The maximum Gasteiger partial charge on any atom is 0.0366 e. The summed E-state index contributed by atoms with van der Waals surface area (Å²) in [6.07, 6.45) is 2.22. The van der Waals surface area contributed by atoms with Crippen molar-refractivity contribution in [2.45, 2.75) is 19.8 Å². The Labute approximate surface area is 115 Å². The normalized spacial score (nSPS) is 10.4. The van der Waals surface area contributed by atoms with E-state index in [1.165, 1.54) is 11.3 Å². The molecule has 2 N–H and O–H groups in total. The van der Waals surface area contributed by atoms with Gasteiger partial charge in [-0.2, -0.15) is 0 Å². The van der Waals surface area contributed by atoms with Gasteiger partial charge in [0.25, 0.3) is 0 Å². The zero-order valence-corrected chi connectivity index (χ0v) is 11.5. The summed E-state index contributed by atoms with van der Waals surface area (Å²) in [4.78, 5) is 2.41. The predicted octanol–water partition coefficient (Wildman–Crippen LogP) is 3.73. The second-order valence-electron chi connectivity index (χ2n) is 4.76. The molecule has 0 aliphatic rings. The lowest BCUT2D eigenvalue weighted by Crippen LogP contribution is -2.24. The van der Waals surface area contributed by atoms with Gasteiger partial charge < -0.3 is 10.6 Å². The van der Waals surface area contributed by atoms with Gasteiger partial charge in [-0.3, -0.25) is 0 Å². The fourth-order valence-corrected chi connectivity index (χ4v) is 2.33. The van der Waals surface area contributed by atoms with Crippen molar-refractivity contribution in [3.63, 3.8) is 0 Å². The first-order valence-electron chi connectivity index (χ1n) is 6.94. The molecular weight excluding hydrogens is 232 g/mol. The summed E-state index contributed by atoms with van der Waals surface area (Å²) in [7, 11) is 0. The van der Waals surface area contributed by atoms with E-state index >= 15 is 0 Å². The van der Waals surface area contributed by atoms with Crippen LogP contribution < -0.4 is 10.6 Å². The number of nitrogen functional groups attached to an aromatic ring is 1. The molecule has 0 aliphatic heterocycles. The summed E-state index contributed by atoms with van der Waals surface area (Å²) in [5.74, 6) is 0. The first-order valence-corrected chi connectivity index (χ1v) is 6.94. The third-order valence-electron chi connectivity index (χ3n) is 3.35. The fourth-order valence-electron chi connectivity index (χ4n) is 2.33. The van der Waals surface area contributed by atoms with E-state index in [2.05, 4.69) is 54.3 Å². The van der Waals surface area contributed by atoms with Gasteiger partial charge in [0, 0.05) is 24.5 Å². The zero-order valence-electron chi connectivity index (χ0n) is 11.5. The highest BCUT2D eigenvalue weighted by Crippen LogP contribution is 2.14.